The second-order valence-corrected chi connectivity index (χ2v) is 9.65. The van der Waals surface area contributed by atoms with Gasteiger partial charge in [-0.2, -0.15) is 5.10 Å². The van der Waals surface area contributed by atoms with Gasteiger partial charge in [0, 0.05) is 17.8 Å². The van der Waals surface area contributed by atoms with E-state index in [-0.39, 0.29) is 12.2 Å². The lowest BCUT2D eigenvalue weighted by atomic mass is 10.00. The SMILES string of the molecule is CCc1nn(-c2ccccc2)c2c1CN(C(=O)Nc1cc(F)ccc1F)[C@H](c1cccc(C)c1)c1cccn1-2. The number of fused-ring (bicyclic) bond motifs is 3. The van der Waals surface area contributed by atoms with E-state index in [0.717, 1.165) is 57.8 Å². The van der Waals surface area contributed by atoms with Crippen LogP contribution >= 0.6 is 0 Å². The summed E-state index contributed by atoms with van der Waals surface area (Å²) < 4.78 is 32.5. The molecule has 0 bridgehead atoms. The molecule has 5 aromatic rings. The van der Waals surface area contributed by atoms with Gasteiger partial charge in [0.2, 0.25) is 0 Å². The third-order valence-corrected chi connectivity index (χ3v) is 7.09. The fourth-order valence-electron chi connectivity index (χ4n) is 5.32. The molecule has 0 aliphatic carbocycles. The molecule has 39 heavy (non-hydrogen) atoms. The van der Waals surface area contributed by atoms with Crippen LogP contribution in [0.5, 0.6) is 0 Å². The van der Waals surface area contributed by atoms with Crippen LogP contribution in [0.4, 0.5) is 19.3 Å². The number of halogens is 2. The summed E-state index contributed by atoms with van der Waals surface area (Å²) in [7, 11) is 0. The Morgan fingerprint density at radius 3 is 2.59 bits per heavy atom. The molecule has 6 rings (SSSR count). The van der Waals surface area contributed by atoms with Gasteiger partial charge in [0.05, 0.1) is 35.3 Å². The zero-order chi connectivity index (χ0) is 27.1. The standard InChI is InChI=1S/C31H27F2N5O/c1-3-26-24-19-37(31(39)34-27-18-22(32)14-15-25(27)33)29(21-10-7-9-20(2)17-21)28-13-8-16-36(28)30(24)38(35-26)23-11-5-4-6-12-23/h4-18,29H,3,19H2,1-2H3,(H,34,39)/t29-/m1/s1. The molecule has 1 aliphatic heterocycles. The predicted molar refractivity (Wildman–Crippen MR) is 146 cm³/mol. The highest BCUT2D eigenvalue weighted by Gasteiger charge is 2.36. The molecule has 3 aromatic carbocycles. The Kier molecular flexibility index (Phi) is 6.23. The van der Waals surface area contributed by atoms with Crippen LogP contribution in [-0.2, 0) is 13.0 Å². The van der Waals surface area contributed by atoms with Crippen LogP contribution in [0.25, 0.3) is 11.5 Å². The van der Waals surface area contributed by atoms with Crippen molar-refractivity contribution >= 4 is 11.7 Å². The minimum Gasteiger partial charge on any atom is -0.307 e. The van der Waals surface area contributed by atoms with Crippen molar-refractivity contribution in [2.75, 3.05) is 5.32 Å². The van der Waals surface area contributed by atoms with Crippen LogP contribution in [0.3, 0.4) is 0 Å². The van der Waals surface area contributed by atoms with E-state index in [9.17, 15) is 13.6 Å². The van der Waals surface area contributed by atoms with E-state index in [1.807, 2.05) is 91.5 Å². The lowest BCUT2D eigenvalue weighted by Gasteiger charge is -2.31. The van der Waals surface area contributed by atoms with Gasteiger partial charge in [0.25, 0.3) is 0 Å². The fraction of sp³-hybridized carbons (Fsp3) is 0.161. The average molecular weight is 524 g/mol. The van der Waals surface area contributed by atoms with Crippen LogP contribution in [0.15, 0.2) is 91.1 Å². The van der Waals surface area contributed by atoms with Crippen LogP contribution in [0.2, 0.25) is 0 Å². The minimum atomic E-state index is -0.707. The number of hydrogen-bond acceptors (Lipinski definition) is 2. The van der Waals surface area contributed by atoms with E-state index in [1.165, 1.54) is 0 Å². The lowest BCUT2D eigenvalue weighted by Crippen LogP contribution is -2.38. The summed E-state index contributed by atoms with van der Waals surface area (Å²) >= 11 is 0. The van der Waals surface area contributed by atoms with Gasteiger partial charge in [-0.15, -0.1) is 0 Å². The normalized spacial score (nSPS) is 14.5. The number of benzene rings is 3. The van der Waals surface area contributed by atoms with Crippen LogP contribution in [0, 0.1) is 18.6 Å². The van der Waals surface area contributed by atoms with Crippen molar-refractivity contribution in [1.29, 1.82) is 0 Å². The number of anilines is 1. The summed E-state index contributed by atoms with van der Waals surface area (Å²) in [6.07, 6.45) is 2.63. The number of rotatable bonds is 4. The van der Waals surface area contributed by atoms with Crippen molar-refractivity contribution in [1.82, 2.24) is 19.2 Å². The molecule has 8 heteroatoms. The van der Waals surface area contributed by atoms with Gasteiger partial charge in [-0.05, 0) is 55.3 Å². The van der Waals surface area contributed by atoms with Gasteiger partial charge in [0.15, 0.2) is 0 Å². The largest absolute Gasteiger partial charge is 0.323 e. The third kappa shape index (κ3) is 4.37. The summed E-state index contributed by atoms with van der Waals surface area (Å²) in [6.45, 7) is 4.25. The topological polar surface area (TPSA) is 55.1 Å². The molecule has 1 N–H and O–H groups in total. The minimum absolute atomic E-state index is 0.210. The molecule has 0 radical (unpaired) electrons. The summed E-state index contributed by atoms with van der Waals surface area (Å²) in [5.41, 5.74) is 5.25. The second-order valence-electron chi connectivity index (χ2n) is 9.65. The summed E-state index contributed by atoms with van der Waals surface area (Å²) in [4.78, 5) is 15.6. The van der Waals surface area contributed by atoms with E-state index in [4.69, 9.17) is 5.10 Å². The van der Waals surface area contributed by atoms with Gasteiger partial charge in [-0.1, -0.05) is 55.0 Å². The van der Waals surface area contributed by atoms with E-state index in [2.05, 4.69) is 9.88 Å². The van der Waals surface area contributed by atoms with Gasteiger partial charge in [0.1, 0.15) is 17.5 Å². The maximum atomic E-state index is 14.6. The molecule has 2 aromatic heterocycles. The first kappa shape index (κ1) is 24.6. The van der Waals surface area contributed by atoms with Crippen LogP contribution < -0.4 is 5.32 Å². The fourth-order valence-corrected chi connectivity index (χ4v) is 5.32. The van der Waals surface area contributed by atoms with Crippen molar-refractivity contribution in [3.8, 4) is 11.5 Å². The number of aryl methyl sites for hydroxylation is 2. The zero-order valence-corrected chi connectivity index (χ0v) is 21.6. The first-order chi connectivity index (χ1) is 18.9. The Morgan fingerprint density at radius 2 is 1.82 bits per heavy atom. The molecule has 0 fully saturated rings. The number of nitrogens with one attached hydrogen (secondary N) is 1. The molecular formula is C31H27F2N5O. The predicted octanol–water partition coefficient (Wildman–Crippen LogP) is 6.95. The highest BCUT2D eigenvalue weighted by Crippen LogP contribution is 2.39. The molecule has 1 aliphatic rings. The van der Waals surface area contributed by atoms with Gasteiger partial charge >= 0.3 is 6.03 Å². The number of para-hydroxylation sites is 1. The number of urea groups is 1. The highest BCUT2D eigenvalue weighted by atomic mass is 19.1. The number of hydrogen-bond donors (Lipinski definition) is 1. The van der Waals surface area contributed by atoms with E-state index in [0.29, 0.717) is 6.42 Å². The first-order valence-electron chi connectivity index (χ1n) is 12.9. The van der Waals surface area contributed by atoms with E-state index < -0.39 is 23.7 Å². The van der Waals surface area contributed by atoms with Crippen LogP contribution in [0.1, 0.15) is 41.0 Å². The molecule has 0 spiro atoms. The molecule has 3 heterocycles. The van der Waals surface area contributed by atoms with Crippen molar-refractivity contribution in [2.45, 2.75) is 32.9 Å². The van der Waals surface area contributed by atoms with Crippen molar-refractivity contribution in [2.24, 2.45) is 0 Å². The van der Waals surface area contributed by atoms with Crippen molar-refractivity contribution < 1.29 is 13.6 Å². The Morgan fingerprint density at radius 1 is 1.00 bits per heavy atom. The number of carbonyl (C=O) groups excluding carboxylic acids is 1. The van der Waals surface area contributed by atoms with Crippen LogP contribution in [-0.4, -0.2) is 25.3 Å². The Labute approximate surface area is 225 Å². The van der Waals surface area contributed by atoms with Gasteiger partial charge in [-0.3, -0.25) is 0 Å². The summed E-state index contributed by atoms with van der Waals surface area (Å²) in [6, 6.07) is 23.8. The Hall–Kier alpha value is -4.72. The number of nitrogens with zero attached hydrogens (tertiary/aromatic N) is 4. The number of carbonyl (C=O) groups is 1. The number of aromatic nitrogens is 3. The van der Waals surface area contributed by atoms with Gasteiger partial charge < -0.3 is 14.8 Å². The maximum absolute atomic E-state index is 14.6. The smallest absolute Gasteiger partial charge is 0.307 e. The molecule has 1 atom stereocenters. The molecule has 0 saturated carbocycles. The van der Waals surface area contributed by atoms with Gasteiger partial charge in [-0.25, -0.2) is 18.3 Å². The Balaban J connectivity index is 1.56. The quantitative estimate of drug-likeness (QED) is 0.277. The average Bonchev–Trinajstić information content (AvgIpc) is 3.52. The molecule has 2 amide bonds. The monoisotopic (exact) mass is 523 g/mol. The molecule has 6 nitrogen and oxygen atoms in total. The number of amides is 2. The molecule has 0 unspecified atom stereocenters. The van der Waals surface area contributed by atoms with E-state index >= 15 is 0 Å². The zero-order valence-electron chi connectivity index (χ0n) is 21.6. The highest BCUT2D eigenvalue weighted by molar-refractivity contribution is 5.90. The summed E-state index contributed by atoms with van der Waals surface area (Å²) in [5.74, 6) is -0.490. The maximum Gasteiger partial charge on any atom is 0.323 e. The Bertz CT molecular complexity index is 1670. The third-order valence-electron chi connectivity index (χ3n) is 7.09. The van der Waals surface area contributed by atoms with E-state index in [1.54, 1.807) is 4.90 Å². The lowest BCUT2D eigenvalue weighted by molar-refractivity contribution is 0.194. The molecular weight excluding hydrogens is 496 g/mol. The molecule has 196 valence electrons. The first-order valence-corrected chi connectivity index (χ1v) is 12.9. The second kappa shape index (κ2) is 9.87. The molecule has 0 saturated heterocycles. The summed E-state index contributed by atoms with van der Waals surface area (Å²) in [5, 5.41) is 7.57. The van der Waals surface area contributed by atoms with Crippen molar-refractivity contribution in [3.05, 3.63) is 131 Å². The van der Waals surface area contributed by atoms with Crippen molar-refractivity contribution in [3.63, 3.8) is 0 Å².